The van der Waals surface area contributed by atoms with Crippen molar-refractivity contribution in [2.75, 3.05) is 0 Å². The first-order valence-corrected chi connectivity index (χ1v) is 5.08. The van der Waals surface area contributed by atoms with Gasteiger partial charge in [0.15, 0.2) is 0 Å². The van der Waals surface area contributed by atoms with Gasteiger partial charge >= 0.3 is 0 Å². The summed E-state index contributed by atoms with van der Waals surface area (Å²) >= 11 is 0. The quantitative estimate of drug-likeness (QED) is 0.725. The van der Waals surface area contributed by atoms with Crippen molar-refractivity contribution in [1.29, 1.82) is 0 Å². The van der Waals surface area contributed by atoms with Crippen LogP contribution in [0.25, 0.3) is 0 Å². The third kappa shape index (κ3) is 2.98. The fourth-order valence-corrected chi connectivity index (χ4v) is 1.44. The molecule has 0 saturated carbocycles. The lowest BCUT2D eigenvalue weighted by Crippen LogP contribution is -2.12. The van der Waals surface area contributed by atoms with Crippen LogP contribution in [0.4, 0.5) is 0 Å². The van der Waals surface area contributed by atoms with Crippen molar-refractivity contribution in [3.05, 3.63) is 17.5 Å². The predicted molar refractivity (Wildman–Crippen MR) is 54.0 cm³/mol. The summed E-state index contributed by atoms with van der Waals surface area (Å²) in [5.41, 5.74) is 0.830. The van der Waals surface area contributed by atoms with Crippen molar-refractivity contribution in [1.82, 2.24) is 5.16 Å². The van der Waals surface area contributed by atoms with Crippen LogP contribution in [0.5, 0.6) is 0 Å². The molecule has 0 bridgehead atoms. The lowest BCUT2D eigenvalue weighted by Gasteiger charge is -2.06. The average Bonchev–Trinajstić information content (AvgIpc) is 2.51. The van der Waals surface area contributed by atoms with E-state index in [0.29, 0.717) is 12.2 Å². The third-order valence-corrected chi connectivity index (χ3v) is 2.30. The van der Waals surface area contributed by atoms with Gasteiger partial charge in [-0.25, -0.2) is 0 Å². The van der Waals surface area contributed by atoms with Gasteiger partial charge in [0, 0.05) is 12.0 Å². The van der Waals surface area contributed by atoms with Crippen LogP contribution >= 0.6 is 0 Å². The fourth-order valence-electron chi connectivity index (χ4n) is 1.44. The zero-order valence-corrected chi connectivity index (χ0v) is 9.04. The van der Waals surface area contributed by atoms with Crippen LogP contribution in [-0.4, -0.2) is 10.9 Å². The molecule has 1 heterocycles. The monoisotopic (exact) mass is 195 g/mol. The normalized spacial score (nSPS) is 12.8. The molecular weight excluding hydrogens is 178 g/mol. The van der Waals surface area contributed by atoms with Crippen LogP contribution in [0.3, 0.4) is 0 Å². The predicted octanol–water partition coefficient (Wildman–Crippen LogP) is 2.53. The molecule has 1 rings (SSSR count). The molecule has 3 nitrogen and oxygen atoms in total. The summed E-state index contributed by atoms with van der Waals surface area (Å²) in [7, 11) is 0. The minimum Gasteiger partial charge on any atom is -0.361 e. The van der Waals surface area contributed by atoms with E-state index in [1.807, 2.05) is 19.9 Å². The molecular formula is C11H17NO2. The molecule has 0 spiro atoms. The molecule has 14 heavy (non-hydrogen) atoms. The smallest absolute Gasteiger partial charge is 0.144 e. The highest BCUT2D eigenvalue weighted by Gasteiger charge is 2.14. The molecule has 0 amide bonds. The summed E-state index contributed by atoms with van der Waals surface area (Å²) in [6.45, 7) is 5.91. The Bertz CT molecular complexity index is 304. The summed E-state index contributed by atoms with van der Waals surface area (Å²) < 4.78 is 4.99. The van der Waals surface area contributed by atoms with Gasteiger partial charge in [0.2, 0.25) is 0 Å². The van der Waals surface area contributed by atoms with Crippen molar-refractivity contribution in [3.63, 3.8) is 0 Å². The molecule has 78 valence electrons. The second-order valence-corrected chi connectivity index (χ2v) is 3.77. The second-order valence-electron chi connectivity index (χ2n) is 3.77. The SMILES string of the molecule is CCCC(C)C(=O)Cc1cc(C)no1. The molecule has 3 heteroatoms. The Morgan fingerprint density at radius 2 is 2.36 bits per heavy atom. The number of carbonyl (C=O) groups excluding carboxylic acids is 1. The van der Waals surface area contributed by atoms with Gasteiger partial charge in [-0.3, -0.25) is 4.79 Å². The Morgan fingerprint density at radius 1 is 1.64 bits per heavy atom. The highest BCUT2D eigenvalue weighted by Crippen LogP contribution is 2.11. The first-order chi connectivity index (χ1) is 6.63. The zero-order valence-electron chi connectivity index (χ0n) is 9.04. The van der Waals surface area contributed by atoms with Crippen LogP contribution in [0, 0.1) is 12.8 Å². The van der Waals surface area contributed by atoms with Crippen LogP contribution < -0.4 is 0 Å². The van der Waals surface area contributed by atoms with Gasteiger partial charge in [0.25, 0.3) is 0 Å². The van der Waals surface area contributed by atoms with Gasteiger partial charge in [-0.15, -0.1) is 0 Å². The minimum absolute atomic E-state index is 0.130. The Labute approximate surface area is 84.5 Å². The number of carbonyl (C=O) groups is 1. The van der Waals surface area contributed by atoms with E-state index in [2.05, 4.69) is 12.1 Å². The average molecular weight is 195 g/mol. The molecule has 0 aliphatic rings. The molecule has 1 unspecified atom stereocenters. The molecule has 1 aromatic rings. The highest BCUT2D eigenvalue weighted by molar-refractivity contribution is 5.82. The number of nitrogens with zero attached hydrogens (tertiary/aromatic N) is 1. The standard InChI is InChI=1S/C11H17NO2/c1-4-5-8(2)11(13)7-10-6-9(3)12-14-10/h6,8H,4-5,7H2,1-3H3. The van der Waals surface area contributed by atoms with Crippen LogP contribution in [0.1, 0.15) is 38.1 Å². The first-order valence-electron chi connectivity index (χ1n) is 5.08. The first kappa shape index (κ1) is 11.0. The van der Waals surface area contributed by atoms with Gasteiger partial charge in [-0.1, -0.05) is 25.4 Å². The maximum absolute atomic E-state index is 11.6. The van der Waals surface area contributed by atoms with Crippen LogP contribution in [0.15, 0.2) is 10.6 Å². The van der Waals surface area contributed by atoms with E-state index in [1.54, 1.807) is 0 Å². The topological polar surface area (TPSA) is 43.1 Å². The number of rotatable bonds is 5. The Hall–Kier alpha value is -1.12. The number of aryl methyl sites for hydroxylation is 1. The summed E-state index contributed by atoms with van der Waals surface area (Å²) in [6, 6.07) is 1.82. The number of hydrogen-bond acceptors (Lipinski definition) is 3. The van der Waals surface area contributed by atoms with Gasteiger partial charge in [-0.2, -0.15) is 0 Å². The fraction of sp³-hybridized carbons (Fsp3) is 0.636. The minimum atomic E-state index is 0.130. The molecule has 0 radical (unpaired) electrons. The molecule has 0 saturated heterocycles. The van der Waals surface area contributed by atoms with Gasteiger partial charge < -0.3 is 4.52 Å². The molecule has 0 aromatic carbocycles. The molecule has 1 atom stereocenters. The molecule has 1 aromatic heterocycles. The Balaban J connectivity index is 2.48. The van der Waals surface area contributed by atoms with Crippen LogP contribution in [-0.2, 0) is 11.2 Å². The van der Waals surface area contributed by atoms with E-state index in [-0.39, 0.29) is 11.7 Å². The van der Waals surface area contributed by atoms with Crippen molar-refractivity contribution in [3.8, 4) is 0 Å². The highest BCUT2D eigenvalue weighted by atomic mass is 16.5. The summed E-state index contributed by atoms with van der Waals surface area (Å²) in [5, 5.41) is 3.75. The van der Waals surface area contributed by atoms with E-state index in [0.717, 1.165) is 18.5 Å². The van der Waals surface area contributed by atoms with E-state index in [1.165, 1.54) is 0 Å². The Kier molecular flexibility index (Phi) is 3.86. The van der Waals surface area contributed by atoms with E-state index in [9.17, 15) is 4.79 Å². The number of ketones is 1. The summed E-state index contributed by atoms with van der Waals surface area (Å²) in [4.78, 5) is 11.6. The van der Waals surface area contributed by atoms with Crippen molar-refractivity contribution >= 4 is 5.78 Å². The van der Waals surface area contributed by atoms with E-state index >= 15 is 0 Å². The van der Waals surface area contributed by atoms with Gasteiger partial charge in [0.05, 0.1) is 12.1 Å². The number of Topliss-reactive ketones (excluding diaryl/α,β-unsaturated/α-hetero) is 1. The third-order valence-electron chi connectivity index (χ3n) is 2.30. The van der Waals surface area contributed by atoms with Crippen LogP contribution in [0.2, 0.25) is 0 Å². The van der Waals surface area contributed by atoms with Gasteiger partial charge in [0.1, 0.15) is 11.5 Å². The Morgan fingerprint density at radius 3 is 2.86 bits per heavy atom. The van der Waals surface area contributed by atoms with Gasteiger partial charge in [-0.05, 0) is 13.3 Å². The molecule has 0 fully saturated rings. The van der Waals surface area contributed by atoms with E-state index in [4.69, 9.17) is 4.52 Å². The maximum Gasteiger partial charge on any atom is 0.144 e. The summed E-state index contributed by atoms with van der Waals surface area (Å²) in [5.74, 6) is 1.05. The lowest BCUT2D eigenvalue weighted by molar-refractivity contribution is -0.122. The summed E-state index contributed by atoms with van der Waals surface area (Å²) in [6.07, 6.45) is 2.37. The largest absolute Gasteiger partial charge is 0.361 e. The van der Waals surface area contributed by atoms with Crippen molar-refractivity contribution < 1.29 is 9.32 Å². The van der Waals surface area contributed by atoms with E-state index < -0.39 is 0 Å². The second kappa shape index (κ2) is 4.94. The molecule has 0 aliphatic heterocycles. The number of aromatic nitrogens is 1. The number of hydrogen-bond donors (Lipinski definition) is 0. The maximum atomic E-state index is 11.6. The molecule has 0 aliphatic carbocycles. The zero-order chi connectivity index (χ0) is 10.6. The van der Waals surface area contributed by atoms with Crippen molar-refractivity contribution in [2.45, 2.75) is 40.0 Å². The van der Waals surface area contributed by atoms with Crippen molar-refractivity contribution in [2.24, 2.45) is 5.92 Å². The molecule has 0 N–H and O–H groups in total. The lowest BCUT2D eigenvalue weighted by atomic mass is 9.98.